The third kappa shape index (κ3) is 3.83. The Morgan fingerprint density at radius 1 is 1.38 bits per heavy atom. The van der Waals surface area contributed by atoms with Crippen molar-refractivity contribution in [2.24, 2.45) is 0 Å². The highest BCUT2D eigenvalue weighted by Gasteiger charge is 2.26. The lowest BCUT2D eigenvalue weighted by Gasteiger charge is -2.20. The Balaban J connectivity index is 1.74. The Morgan fingerprint density at radius 3 is 2.73 bits per heavy atom. The largest absolute Gasteiger partial charge is 0.455 e. The molecular formula is C16H22N4O4S2. The molecule has 10 heteroatoms. The van der Waals surface area contributed by atoms with Crippen LogP contribution in [0.15, 0.2) is 21.6 Å². The molecule has 2 N–H and O–H groups in total. The molecule has 0 atom stereocenters. The maximum atomic E-state index is 12.4. The van der Waals surface area contributed by atoms with Crippen molar-refractivity contribution in [3.05, 3.63) is 28.7 Å². The molecule has 0 bridgehead atoms. The van der Waals surface area contributed by atoms with Crippen LogP contribution in [0.25, 0.3) is 0 Å². The summed E-state index contributed by atoms with van der Waals surface area (Å²) in [5, 5.41) is 6.49. The number of amides is 1. The number of aromatic nitrogens is 1. The zero-order valence-electron chi connectivity index (χ0n) is 14.9. The van der Waals surface area contributed by atoms with Gasteiger partial charge in [0, 0.05) is 31.2 Å². The topological polar surface area (TPSA) is 105 Å². The smallest absolute Gasteiger partial charge is 0.293 e. The molecule has 8 nitrogen and oxygen atoms in total. The molecule has 1 aliphatic heterocycles. The molecular weight excluding hydrogens is 376 g/mol. The lowest BCUT2D eigenvalue weighted by atomic mass is 9.97. The van der Waals surface area contributed by atoms with Gasteiger partial charge in [0.25, 0.3) is 5.91 Å². The summed E-state index contributed by atoms with van der Waals surface area (Å²) in [5.41, 5.74) is 0. The number of carbonyl (C=O) groups is 1. The van der Waals surface area contributed by atoms with E-state index in [1.807, 2.05) is 0 Å². The number of hydrogen-bond acceptors (Lipinski definition) is 7. The number of piperidine rings is 1. The minimum Gasteiger partial charge on any atom is -0.455 e. The third-order valence-electron chi connectivity index (χ3n) is 4.34. The molecule has 2 aromatic rings. The number of anilines is 1. The van der Waals surface area contributed by atoms with Gasteiger partial charge in [0.2, 0.25) is 10.0 Å². The molecule has 26 heavy (non-hydrogen) atoms. The van der Waals surface area contributed by atoms with Gasteiger partial charge in [-0.25, -0.2) is 17.7 Å². The molecule has 3 heterocycles. The number of furan rings is 1. The number of thiazole rings is 1. The van der Waals surface area contributed by atoms with E-state index in [4.69, 9.17) is 4.42 Å². The quantitative estimate of drug-likeness (QED) is 0.798. The lowest BCUT2D eigenvalue weighted by Crippen LogP contribution is -2.26. The van der Waals surface area contributed by atoms with Crippen molar-refractivity contribution in [1.82, 2.24) is 14.6 Å². The fraction of sp³-hybridized carbons (Fsp3) is 0.500. The number of nitrogens with zero attached hydrogens (tertiary/aromatic N) is 2. The van der Waals surface area contributed by atoms with Crippen LogP contribution in [0.3, 0.4) is 0 Å². The Kier molecular flexibility index (Phi) is 5.47. The normalized spacial score (nSPS) is 16.2. The zero-order valence-corrected chi connectivity index (χ0v) is 16.5. The first-order valence-corrected chi connectivity index (χ1v) is 10.6. The summed E-state index contributed by atoms with van der Waals surface area (Å²) < 4.78 is 30.9. The lowest BCUT2D eigenvalue weighted by molar-refractivity contribution is 0.0995. The van der Waals surface area contributed by atoms with Gasteiger partial charge < -0.3 is 9.73 Å². The van der Waals surface area contributed by atoms with Crippen molar-refractivity contribution >= 4 is 32.4 Å². The number of hydrogen-bond donors (Lipinski definition) is 2. The van der Waals surface area contributed by atoms with Gasteiger partial charge in [-0.1, -0.05) is 0 Å². The van der Waals surface area contributed by atoms with E-state index in [1.54, 1.807) is 6.20 Å². The van der Waals surface area contributed by atoms with E-state index in [2.05, 4.69) is 15.6 Å². The summed E-state index contributed by atoms with van der Waals surface area (Å²) in [7, 11) is -0.803. The van der Waals surface area contributed by atoms with Crippen molar-refractivity contribution < 1.29 is 17.6 Å². The Hall–Kier alpha value is -1.75. The first-order chi connectivity index (χ1) is 12.3. The number of sulfonamides is 1. The van der Waals surface area contributed by atoms with E-state index >= 15 is 0 Å². The summed E-state index contributed by atoms with van der Waals surface area (Å²) in [5.74, 6) is 0.0709. The average Bonchev–Trinajstić information content (AvgIpc) is 3.22. The Morgan fingerprint density at radius 2 is 2.08 bits per heavy atom. The van der Waals surface area contributed by atoms with Crippen molar-refractivity contribution in [3.63, 3.8) is 0 Å². The maximum Gasteiger partial charge on any atom is 0.293 e. The average molecular weight is 399 g/mol. The molecule has 0 aromatic carbocycles. The molecule has 0 aliphatic carbocycles. The first kappa shape index (κ1) is 19.0. The van der Waals surface area contributed by atoms with Crippen LogP contribution in [0.2, 0.25) is 0 Å². The second kappa shape index (κ2) is 7.47. The molecule has 1 amide bonds. The minimum absolute atomic E-state index is 0.0119. The van der Waals surface area contributed by atoms with E-state index in [1.165, 1.54) is 38.4 Å². The van der Waals surface area contributed by atoms with Gasteiger partial charge in [-0.15, -0.1) is 11.3 Å². The molecule has 1 saturated heterocycles. The van der Waals surface area contributed by atoms with Crippen LogP contribution >= 0.6 is 11.3 Å². The van der Waals surface area contributed by atoms with Gasteiger partial charge >= 0.3 is 0 Å². The van der Waals surface area contributed by atoms with Gasteiger partial charge in [-0.2, -0.15) is 0 Å². The van der Waals surface area contributed by atoms with E-state index in [-0.39, 0.29) is 16.4 Å². The summed E-state index contributed by atoms with van der Waals surface area (Å²) in [6, 6.07) is 1.25. The summed E-state index contributed by atoms with van der Waals surface area (Å²) >= 11 is 1.44. The summed E-state index contributed by atoms with van der Waals surface area (Å²) in [6.07, 6.45) is 3.91. The van der Waals surface area contributed by atoms with Crippen LogP contribution in [-0.2, 0) is 10.0 Å². The zero-order chi connectivity index (χ0) is 18.9. The van der Waals surface area contributed by atoms with E-state index in [0.717, 1.165) is 35.1 Å². The van der Waals surface area contributed by atoms with Crippen LogP contribution < -0.4 is 10.6 Å². The van der Waals surface area contributed by atoms with Crippen molar-refractivity contribution in [2.75, 3.05) is 32.5 Å². The monoisotopic (exact) mass is 398 g/mol. The van der Waals surface area contributed by atoms with Gasteiger partial charge in [0.15, 0.2) is 10.9 Å². The number of carbonyl (C=O) groups excluding carboxylic acids is 1. The van der Waals surface area contributed by atoms with E-state index < -0.39 is 15.9 Å². The molecule has 0 unspecified atom stereocenters. The molecule has 0 spiro atoms. The highest BCUT2D eigenvalue weighted by atomic mass is 32.2. The van der Waals surface area contributed by atoms with E-state index in [0.29, 0.717) is 11.0 Å². The van der Waals surface area contributed by atoms with Gasteiger partial charge in [-0.05, 0) is 38.8 Å². The Labute approximate surface area is 156 Å². The van der Waals surface area contributed by atoms with Crippen LogP contribution in [0, 0.1) is 6.92 Å². The fourth-order valence-corrected chi connectivity index (χ4v) is 4.86. The molecule has 1 fully saturated rings. The number of aryl methyl sites for hydroxylation is 1. The maximum absolute atomic E-state index is 12.4. The van der Waals surface area contributed by atoms with Crippen molar-refractivity contribution in [3.8, 4) is 0 Å². The van der Waals surface area contributed by atoms with Crippen molar-refractivity contribution in [1.29, 1.82) is 0 Å². The summed E-state index contributed by atoms with van der Waals surface area (Å²) in [6.45, 7) is 3.49. The van der Waals surface area contributed by atoms with Gasteiger partial charge in [0.1, 0.15) is 10.7 Å². The first-order valence-electron chi connectivity index (χ1n) is 8.30. The Bertz CT molecular complexity index is 895. The van der Waals surface area contributed by atoms with Crippen molar-refractivity contribution in [2.45, 2.75) is 30.6 Å². The van der Waals surface area contributed by atoms with Crippen LogP contribution in [0.5, 0.6) is 0 Å². The molecule has 2 aromatic heterocycles. The van der Waals surface area contributed by atoms with Crippen LogP contribution in [-0.4, -0.2) is 50.8 Å². The molecule has 0 saturated carbocycles. The molecule has 0 radical (unpaired) electrons. The highest BCUT2D eigenvalue weighted by Crippen LogP contribution is 2.32. The fourth-order valence-electron chi connectivity index (χ4n) is 2.83. The van der Waals surface area contributed by atoms with Gasteiger partial charge in [0.05, 0.1) is 0 Å². The number of nitrogens with one attached hydrogen (secondary N) is 2. The standard InChI is InChI=1S/C16H22N4O4S2/c1-10-14(26(22,23)20(2)3)8-12(24-10)15(21)19-16-18-9-13(25-16)11-4-6-17-7-5-11/h8-9,11,17H,4-7H2,1-3H3,(H,18,19,21). The summed E-state index contributed by atoms with van der Waals surface area (Å²) in [4.78, 5) is 17.8. The predicted octanol–water partition coefficient (Wildman–Crippen LogP) is 2.01. The van der Waals surface area contributed by atoms with Gasteiger partial charge in [-0.3, -0.25) is 10.1 Å². The second-order valence-electron chi connectivity index (χ2n) is 6.36. The van der Waals surface area contributed by atoms with Crippen LogP contribution in [0.4, 0.5) is 5.13 Å². The third-order valence-corrected chi connectivity index (χ3v) is 7.34. The SMILES string of the molecule is Cc1oc(C(=O)Nc2ncc(C3CCNCC3)s2)cc1S(=O)(=O)N(C)C. The molecule has 142 valence electrons. The molecule has 3 rings (SSSR count). The molecule has 1 aliphatic rings. The number of rotatable bonds is 5. The highest BCUT2D eigenvalue weighted by molar-refractivity contribution is 7.89. The van der Waals surface area contributed by atoms with Crippen LogP contribution in [0.1, 0.15) is 40.0 Å². The van der Waals surface area contributed by atoms with E-state index in [9.17, 15) is 13.2 Å². The minimum atomic E-state index is -3.66. The second-order valence-corrected chi connectivity index (χ2v) is 9.55. The predicted molar refractivity (Wildman–Crippen MR) is 99.2 cm³/mol.